The maximum atomic E-state index is 13.7. The second-order valence-corrected chi connectivity index (χ2v) is 6.98. The number of fused-ring (bicyclic) bond motifs is 4. The Morgan fingerprint density at radius 1 is 1.35 bits per heavy atom. The van der Waals surface area contributed by atoms with Crippen molar-refractivity contribution in [1.82, 2.24) is 4.98 Å². The minimum atomic E-state index is -0.833. The van der Waals surface area contributed by atoms with E-state index in [1.807, 2.05) is 35.2 Å². The third-order valence-corrected chi connectivity index (χ3v) is 5.63. The van der Waals surface area contributed by atoms with Gasteiger partial charge in [0.2, 0.25) is 11.8 Å². The van der Waals surface area contributed by atoms with Crippen LogP contribution in [0, 0.1) is 0 Å². The summed E-state index contributed by atoms with van der Waals surface area (Å²) in [7, 11) is 1.57. The van der Waals surface area contributed by atoms with Crippen molar-refractivity contribution in [1.29, 1.82) is 0 Å². The molecule has 3 aliphatic heterocycles. The van der Waals surface area contributed by atoms with Crippen LogP contribution < -0.4 is 14.4 Å². The molecule has 1 fully saturated rings. The maximum Gasteiger partial charge on any atom is 0.245 e. The average molecular weight is 352 g/mol. The van der Waals surface area contributed by atoms with Crippen molar-refractivity contribution in [3.05, 3.63) is 47.7 Å². The van der Waals surface area contributed by atoms with Crippen molar-refractivity contribution in [2.24, 2.45) is 0 Å². The highest BCUT2D eigenvalue weighted by atomic mass is 16.5. The number of anilines is 1. The van der Waals surface area contributed by atoms with E-state index in [2.05, 4.69) is 4.98 Å². The van der Waals surface area contributed by atoms with Gasteiger partial charge in [0, 0.05) is 23.9 Å². The average Bonchev–Trinajstić information content (AvgIpc) is 3.38. The molecule has 1 saturated heterocycles. The smallest absolute Gasteiger partial charge is 0.245 e. The van der Waals surface area contributed by atoms with Gasteiger partial charge >= 0.3 is 0 Å². The Balaban J connectivity index is 1.64. The predicted molar refractivity (Wildman–Crippen MR) is 94.8 cm³/mol. The highest BCUT2D eigenvalue weighted by Gasteiger charge is 2.57. The van der Waals surface area contributed by atoms with Crippen LogP contribution in [0.25, 0.3) is 0 Å². The van der Waals surface area contributed by atoms with Gasteiger partial charge in [-0.15, -0.1) is 0 Å². The molecule has 0 aliphatic carbocycles. The minimum Gasteiger partial charge on any atom is -0.490 e. The van der Waals surface area contributed by atoms with E-state index < -0.39 is 5.41 Å². The van der Waals surface area contributed by atoms with Crippen LogP contribution in [0.4, 0.5) is 5.69 Å². The van der Waals surface area contributed by atoms with Crippen LogP contribution in [0.3, 0.4) is 0 Å². The number of methoxy groups -OCH3 is 1. The van der Waals surface area contributed by atoms with Gasteiger partial charge in [0.05, 0.1) is 26.0 Å². The zero-order chi connectivity index (χ0) is 17.7. The lowest BCUT2D eigenvalue weighted by molar-refractivity contribution is -0.122. The second kappa shape index (κ2) is 5.71. The molecular formula is C20H20N2O4. The number of carbonyl (C=O) groups is 1. The molecule has 1 spiro atoms. The third kappa shape index (κ3) is 2.02. The molecule has 1 unspecified atom stereocenters. The van der Waals surface area contributed by atoms with Crippen LogP contribution in [-0.4, -0.2) is 43.9 Å². The molecule has 3 aliphatic rings. The molecule has 0 bridgehead atoms. The maximum absolute atomic E-state index is 13.7. The topological polar surface area (TPSA) is 60.9 Å². The van der Waals surface area contributed by atoms with Crippen molar-refractivity contribution >= 4 is 11.6 Å². The molecule has 1 aromatic carbocycles. The normalized spacial score (nSPS) is 26.1. The molecule has 134 valence electrons. The standard InChI is InChI=1S/C20H20N2O4/c1-24-18-9-15-17(10-21-18)26-12-20(15)14-6-2-3-7-16(14)22(19(20)23)11-13-5-4-8-25-13/h2-3,6-7,9-10,13H,4-5,8,11-12H2,1H3/t13-,20?/m0/s1. The summed E-state index contributed by atoms with van der Waals surface area (Å²) in [6.45, 7) is 1.64. The van der Waals surface area contributed by atoms with Gasteiger partial charge < -0.3 is 19.1 Å². The largest absolute Gasteiger partial charge is 0.490 e. The van der Waals surface area contributed by atoms with Crippen molar-refractivity contribution in [2.75, 3.05) is 31.8 Å². The van der Waals surface area contributed by atoms with Crippen molar-refractivity contribution in [2.45, 2.75) is 24.4 Å². The van der Waals surface area contributed by atoms with E-state index in [1.165, 1.54) is 0 Å². The first-order chi connectivity index (χ1) is 12.7. The summed E-state index contributed by atoms with van der Waals surface area (Å²) >= 11 is 0. The highest BCUT2D eigenvalue weighted by molar-refractivity contribution is 6.11. The van der Waals surface area contributed by atoms with Crippen molar-refractivity contribution < 1.29 is 19.0 Å². The zero-order valence-corrected chi connectivity index (χ0v) is 14.6. The minimum absolute atomic E-state index is 0.0428. The summed E-state index contributed by atoms with van der Waals surface area (Å²) in [5, 5.41) is 0. The van der Waals surface area contributed by atoms with Crippen LogP contribution in [0.15, 0.2) is 36.5 Å². The molecule has 0 N–H and O–H groups in total. The number of hydrogen-bond donors (Lipinski definition) is 0. The van der Waals surface area contributed by atoms with E-state index in [0.717, 1.165) is 36.3 Å². The first kappa shape index (κ1) is 15.6. The first-order valence-electron chi connectivity index (χ1n) is 8.94. The van der Waals surface area contributed by atoms with E-state index in [9.17, 15) is 4.79 Å². The summed E-state index contributed by atoms with van der Waals surface area (Å²) < 4.78 is 17.0. The van der Waals surface area contributed by atoms with Crippen LogP contribution in [0.1, 0.15) is 24.0 Å². The van der Waals surface area contributed by atoms with E-state index in [4.69, 9.17) is 14.2 Å². The fraction of sp³-hybridized carbons (Fsp3) is 0.400. The number of pyridine rings is 1. The fourth-order valence-corrected chi connectivity index (χ4v) is 4.35. The quantitative estimate of drug-likeness (QED) is 0.848. The monoisotopic (exact) mass is 352 g/mol. The number of rotatable bonds is 3. The Bertz CT molecular complexity index is 878. The predicted octanol–water partition coefficient (Wildman–Crippen LogP) is 2.29. The van der Waals surface area contributed by atoms with Gasteiger partial charge in [-0.1, -0.05) is 18.2 Å². The van der Waals surface area contributed by atoms with Crippen molar-refractivity contribution in [3.8, 4) is 11.6 Å². The number of benzene rings is 1. The second-order valence-electron chi connectivity index (χ2n) is 6.98. The molecule has 2 atom stereocenters. The summed E-state index contributed by atoms with van der Waals surface area (Å²) in [6.07, 6.45) is 3.77. The summed E-state index contributed by atoms with van der Waals surface area (Å²) in [5.41, 5.74) is 1.92. The lowest BCUT2D eigenvalue weighted by atomic mass is 9.77. The number of nitrogens with zero attached hydrogens (tertiary/aromatic N) is 2. The van der Waals surface area contributed by atoms with Crippen LogP contribution in [-0.2, 0) is 14.9 Å². The molecule has 4 heterocycles. The lowest BCUT2D eigenvalue weighted by Crippen LogP contribution is -2.44. The van der Waals surface area contributed by atoms with E-state index in [1.54, 1.807) is 13.3 Å². The lowest BCUT2D eigenvalue weighted by Gasteiger charge is -2.24. The number of aromatic nitrogens is 1. The summed E-state index contributed by atoms with van der Waals surface area (Å²) in [6, 6.07) is 9.80. The van der Waals surface area contributed by atoms with E-state index in [0.29, 0.717) is 18.2 Å². The third-order valence-electron chi connectivity index (χ3n) is 5.63. The van der Waals surface area contributed by atoms with Gasteiger partial charge in [0.1, 0.15) is 17.8 Å². The molecule has 6 nitrogen and oxygen atoms in total. The number of amides is 1. The summed E-state index contributed by atoms with van der Waals surface area (Å²) in [5.74, 6) is 1.17. The molecule has 1 amide bonds. The fourth-order valence-electron chi connectivity index (χ4n) is 4.35. The molecule has 6 heteroatoms. The van der Waals surface area contributed by atoms with Crippen molar-refractivity contribution in [3.63, 3.8) is 0 Å². The number of ether oxygens (including phenoxy) is 3. The van der Waals surface area contributed by atoms with Gasteiger partial charge in [-0.05, 0) is 24.5 Å². The Hall–Kier alpha value is -2.60. The van der Waals surface area contributed by atoms with E-state index >= 15 is 0 Å². The molecule has 1 aromatic heterocycles. The van der Waals surface area contributed by atoms with Crippen LogP contribution >= 0.6 is 0 Å². The summed E-state index contributed by atoms with van der Waals surface area (Å²) in [4.78, 5) is 19.8. The highest BCUT2D eigenvalue weighted by Crippen LogP contribution is 2.52. The zero-order valence-electron chi connectivity index (χ0n) is 14.6. The molecule has 2 aromatic rings. The van der Waals surface area contributed by atoms with Gasteiger partial charge in [0.15, 0.2) is 0 Å². The van der Waals surface area contributed by atoms with Gasteiger partial charge in [-0.25, -0.2) is 4.98 Å². The Morgan fingerprint density at radius 3 is 3.04 bits per heavy atom. The van der Waals surface area contributed by atoms with Crippen LogP contribution in [0.5, 0.6) is 11.6 Å². The van der Waals surface area contributed by atoms with Gasteiger partial charge in [-0.2, -0.15) is 0 Å². The SMILES string of the molecule is COc1cc2c(cn1)OCC21C(=O)N(C[C@@H]2CCCO2)c2ccccc21. The van der Waals surface area contributed by atoms with Gasteiger partial charge in [-0.3, -0.25) is 4.79 Å². The number of carbonyl (C=O) groups excluding carboxylic acids is 1. The Morgan fingerprint density at radius 2 is 2.23 bits per heavy atom. The molecule has 0 radical (unpaired) electrons. The Labute approximate surface area is 151 Å². The molecule has 0 saturated carbocycles. The number of hydrogen-bond acceptors (Lipinski definition) is 5. The Kier molecular flexibility index (Phi) is 3.43. The van der Waals surface area contributed by atoms with Crippen LogP contribution in [0.2, 0.25) is 0 Å². The van der Waals surface area contributed by atoms with Gasteiger partial charge in [0.25, 0.3) is 0 Å². The first-order valence-corrected chi connectivity index (χ1v) is 8.94. The van der Waals surface area contributed by atoms with E-state index in [-0.39, 0.29) is 18.6 Å². The molecular weight excluding hydrogens is 332 g/mol. The molecule has 5 rings (SSSR count). The molecule has 26 heavy (non-hydrogen) atoms. The number of para-hydroxylation sites is 1.